The van der Waals surface area contributed by atoms with Gasteiger partial charge in [-0.2, -0.15) is 4.31 Å². The molecular formula is C16H28ClN3O4S. The molecule has 0 bridgehead atoms. The minimum Gasteiger partial charge on any atom is -0.383 e. The van der Waals surface area contributed by atoms with E-state index < -0.39 is 10.0 Å². The summed E-state index contributed by atoms with van der Waals surface area (Å²) >= 11 is 0. The van der Waals surface area contributed by atoms with Gasteiger partial charge in [-0.15, -0.1) is 12.4 Å². The summed E-state index contributed by atoms with van der Waals surface area (Å²) in [6.07, 6.45) is 0. The first-order chi connectivity index (χ1) is 11.3. The van der Waals surface area contributed by atoms with Crippen molar-refractivity contribution in [2.75, 3.05) is 46.9 Å². The number of rotatable bonds is 10. The van der Waals surface area contributed by atoms with E-state index in [1.165, 1.54) is 7.05 Å². The molecule has 0 aromatic heterocycles. The first kappa shape index (κ1) is 23.8. The maximum atomic E-state index is 12.5. The van der Waals surface area contributed by atoms with Crippen molar-refractivity contribution in [2.45, 2.75) is 18.7 Å². The number of amides is 1. The Labute approximate surface area is 156 Å². The molecule has 0 aliphatic heterocycles. The number of benzene rings is 1. The number of likely N-dealkylation sites (N-methyl/N-ethyl adjacent to an activating group) is 1. The van der Waals surface area contributed by atoms with Crippen LogP contribution in [0.5, 0.6) is 0 Å². The van der Waals surface area contributed by atoms with Gasteiger partial charge < -0.3 is 15.4 Å². The highest BCUT2D eigenvalue weighted by atomic mass is 35.5. The van der Waals surface area contributed by atoms with Crippen LogP contribution in [0.15, 0.2) is 23.1 Å². The van der Waals surface area contributed by atoms with Crippen molar-refractivity contribution in [3.63, 3.8) is 0 Å². The summed E-state index contributed by atoms with van der Waals surface area (Å²) in [4.78, 5) is 12.1. The fourth-order valence-electron chi connectivity index (χ4n) is 1.99. The van der Waals surface area contributed by atoms with Crippen LogP contribution in [-0.2, 0) is 19.6 Å². The molecule has 0 radical (unpaired) electrons. The minimum atomic E-state index is -3.68. The van der Waals surface area contributed by atoms with Gasteiger partial charge in [0.1, 0.15) is 0 Å². The number of nitrogens with zero attached hydrogens (tertiary/aromatic N) is 1. The summed E-state index contributed by atoms with van der Waals surface area (Å²) in [7, 11) is -0.652. The zero-order chi connectivity index (χ0) is 18.2. The van der Waals surface area contributed by atoms with Crippen molar-refractivity contribution in [3.8, 4) is 0 Å². The van der Waals surface area contributed by atoms with Gasteiger partial charge in [0.05, 0.1) is 18.0 Å². The quantitative estimate of drug-likeness (QED) is 0.571. The van der Waals surface area contributed by atoms with Crippen LogP contribution in [0.3, 0.4) is 0 Å². The molecule has 1 aromatic carbocycles. The summed E-state index contributed by atoms with van der Waals surface area (Å²) in [6.45, 7) is 5.90. The molecule has 0 heterocycles. The van der Waals surface area contributed by atoms with E-state index in [1.807, 2.05) is 13.8 Å². The van der Waals surface area contributed by atoms with E-state index in [2.05, 4.69) is 10.6 Å². The number of sulfonamides is 1. The van der Waals surface area contributed by atoms with E-state index in [-0.39, 0.29) is 29.8 Å². The molecule has 0 unspecified atom stereocenters. The molecule has 1 amide bonds. The number of aryl methyl sites for hydroxylation is 2. The second-order valence-electron chi connectivity index (χ2n) is 5.60. The largest absolute Gasteiger partial charge is 0.383 e. The third-order valence-corrected chi connectivity index (χ3v) is 5.46. The molecule has 0 aliphatic rings. The Morgan fingerprint density at radius 1 is 1.16 bits per heavy atom. The van der Waals surface area contributed by atoms with Crippen LogP contribution in [0.1, 0.15) is 11.1 Å². The van der Waals surface area contributed by atoms with Gasteiger partial charge in [0.25, 0.3) is 0 Å². The molecular weight excluding hydrogens is 366 g/mol. The Hall–Kier alpha value is -1.19. The van der Waals surface area contributed by atoms with Crippen molar-refractivity contribution in [3.05, 3.63) is 29.3 Å². The summed E-state index contributed by atoms with van der Waals surface area (Å²) < 4.78 is 31.0. The van der Waals surface area contributed by atoms with Gasteiger partial charge in [-0.05, 0) is 37.1 Å². The van der Waals surface area contributed by atoms with Crippen molar-refractivity contribution in [1.82, 2.24) is 14.9 Å². The lowest BCUT2D eigenvalue weighted by molar-refractivity contribution is -0.121. The molecule has 0 saturated carbocycles. The van der Waals surface area contributed by atoms with Crippen LogP contribution < -0.4 is 10.6 Å². The number of hydrogen-bond donors (Lipinski definition) is 2. The van der Waals surface area contributed by atoms with Crippen LogP contribution in [0.4, 0.5) is 0 Å². The zero-order valence-corrected chi connectivity index (χ0v) is 16.8. The van der Waals surface area contributed by atoms with E-state index in [4.69, 9.17) is 4.74 Å². The molecule has 0 atom stereocenters. The average Bonchev–Trinajstić information content (AvgIpc) is 2.53. The third-order valence-electron chi connectivity index (χ3n) is 3.66. The lowest BCUT2D eigenvalue weighted by Gasteiger charge is -2.17. The standard InChI is InChI=1S/C16H27N3O4S.ClH/c1-13-5-6-15(11-14(13)2)24(21,22)19(3)12-16(20)18-8-7-17-9-10-23-4;/h5-6,11,17H,7-10,12H2,1-4H3,(H,18,20);1H. The lowest BCUT2D eigenvalue weighted by atomic mass is 10.1. The van der Waals surface area contributed by atoms with E-state index in [0.717, 1.165) is 15.4 Å². The van der Waals surface area contributed by atoms with Gasteiger partial charge in [0, 0.05) is 33.8 Å². The van der Waals surface area contributed by atoms with Gasteiger partial charge in [0.2, 0.25) is 15.9 Å². The lowest BCUT2D eigenvalue weighted by Crippen LogP contribution is -2.40. The average molecular weight is 394 g/mol. The zero-order valence-electron chi connectivity index (χ0n) is 15.2. The molecule has 2 N–H and O–H groups in total. The molecule has 144 valence electrons. The molecule has 0 spiro atoms. The SMILES string of the molecule is COCCNCCNC(=O)CN(C)S(=O)(=O)c1ccc(C)c(C)c1.Cl. The van der Waals surface area contributed by atoms with Gasteiger partial charge in [0.15, 0.2) is 0 Å². The van der Waals surface area contributed by atoms with Crippen LogP contribution >= 0.6 is 12.4 Å². The van der Waals surface area contributed by atoms with E-state index in [0.29, 0.717) is 26.2 Å². The summed E-state index contributed by atoms with van der Waals surface area (Å²) in [6, 6.07) is 4.95. The van der Waals surface area contributed by atoms with Crippen LogP contribution in [-0.4, -0.2) is 65.6 Å². The van der Waals surface area contributed by atoms with Crippen LogP contribution in [0, 0.1) is 13.8 Å². The summed E-state index contributed by atoms with van der Waals surface area (Å²) in [5, 5.41) is 5.78. The first-order valence-corrected chi connectivity index (χ1v) is 9.23. The number of methoxy groups -OCH3 is 1. The first-order valence-electron chi connectivity index (χ1n) is 7.79. The van der Waals surface area contributed by atoms with Crippen molar-refractivity contribution in [2.24, 2.45) is 0 Å². The normalized spacial score (nSPS) is 11.2. The Morgan fingerprint density at radius 2 is 1.84 bits per heavy atom. The van der Waals surface area contributed by atoms with Crippen molar-refractivity contribution < 1.29 is 17.9 Å². The van der Waals surface area contributed by atoms with Crippen molar-refractivity contribution >= 4 is 28.3 Å². The van der Waals surface area contributed by atoms with Crippen LogP contribution in [0.2, 0.25) is 0 Å². The molecule has 25 heavy (non-hydrogen) atoms. The maximum Gasteiger partial charge on any atom is 0.243 e. The number of halogens is 1. The Morgan fingerprint density at radius 3 is 2.44 bits per heavy atom. The van der Waals surface area contributed by atoms with Gasteiger partial charge >= 0.3 is 0 Å². The molecule has 0 aliphatic carbocycles. The van der Waals surface area contributed by atoms with Gasteiger partial charge in [-0.1, -0.05) is 6.07 Å². The Kier molecular flexibility index (Phi) is 10.9. The van der Waals surface area contributed by atoms with Crippen molar-refractivity contribution in [1.29, 1.82) is 0 Å². The summed E-state index contributed by atoms with van der Waals surface area (Å²) in [5.41, 5.74) is 1.92. The van der Waals surface area contributed by atoms with Gasteiger partial charge in [-0.3, -0.25) is 4.79 Å². The Balaban J connectivity index is 0.00000576. The highest BCUT2D eigenvalue weighted by Crippen LogP contribution is 2.17. The predicted octanol–water partition coefficient (Wildman–Crippen LogP) is 0.698. The molecule has 1 rings (SSSR count). The number of hydrogen-bond acceptors (Lipinski definition) is 5. The predicted molar refractivity (Wildman–Crippen MR) is 101 cm³/mol. The fraction of sp³-hybridized carbons (Fsp3) is 0.562. The molecule has 7 nitrogen and oxygen atoms in total. The van der Waals surface area contributed by atoms with Gasteiger partial charge in [-0.25, -0.2) is 8.42 Å². The molecule has 1 aromatic rings. The molecule has 9 heteroatoms. The highest BCUT2D eigenvalue weighted by molar-refractivity contribution is 7.89. The van der Waals surface area contributed by atoms with E-state index >= 15 is 0 Å². The third kappa shape index (κ3) is 7.70. The second kappa shape index (κ2) is 11.4. The number of ether oxygens (including phenoxy) is 1. The maximum absolute atomic E-state index is 12.5. The molecule has 0 saturated heterocycles. The smallest absolute Gasteiger partial charge is 0.243 e. The number of carbonyl (C=O) groups excluding carboxylic acids is 1. The second-order valence-corrected chi connectivity index (χ2v) is 7.64. The fourth-order valence-corrected chi connectivity index (χ4v) is 3.20. The highest BCUT2D eigenvalue weighted by Gasteiger charge is 2.23. The summed E-state index contributed by atoms with van der Waals surface area (Å²) in [5.74, 6) is -0.335. The topological polar surface area (TPSA) is 87.7 Å². The monoisotopic (exact) mass is 393 g/mol. The Bertz CT molecular complexity index is 653. The number of carbonyl (C=O) groups is 1. The molecule has 0 fully saturated rings. The minimum absolute atomic E-state index is 0. The van der Waals surface area contributed by atoms with Crippen LogP contribution in [0.25, 0.3) is 0 Å². The van der Waals surface area contributed by atoms with E-state index in [1.54, 1.807) is 25.3 Å². The number of nitrogens with one attached hydrogen (secondary N) is 2. The van der Waals surface area contributed by atoms with E-state index in [9.17, 15) is 13.2 Å².